The third-order valence-corrected chi connectivity index (χ3v) is 4.26. The van der Waals surface area contributed by atoms with Gasteiger partial charge in [0.1, 0.15) is 17.2 Å². The van der Waals surface area contributed by atoms with Crippen LogP contribution in [-0.2, 0) is 0 Å². The van der Waals surface area contributed by atoms with Crippen LogP contribution in [0.1, 0.15) is 28.8 Å². The summed E-state index contributed by atoms with van der Waals surface area (Å²) < 4.78 is 56.7. The number of nitrogens with one attached hydrogen (secondary N) is 1. The van der Waals surface area contributed by atoms with Gasteiger partial charge in [-0.05, 0) is 38.0 Å². The van der Waals surface area contributed by atoms with Crippen LogP contribution < -0.4 is 10.2 Å². The van der Waals surface area contributed by atoms with Gasteiger partial charge in [-0.25, -0.2) is 17.6 Å². The lowest BCUT2D eigenvalue weighted by Crippen LogP contribution is -2.24. The first-order chi connectivity index (χ1) is 11.9. The molecule has 2 aromatic rings. The van der Waals surface area contributed by atoms with Crippen molar-refractivity contribution in [1.82, 2.24) is 0 Å². The van der Waals surface area contributed by atoms with Gasteiger partial charge in [-0.1, -0.05) is 6.07 Å². The van der Waals surface area contributed by atoms with E-state index < -0.39 is 34.7 Å². The first-order valence-electron chi connectivity index (χ1n) is 7.89. The van der Waals surface area contributed by atoms with Gasteiger partial charge in [-0.3, -0.25) is 4.79 Å². The molecule has 0 aliphatic carbocycles. The Morgan fingerprint density at radius 2 is 1.72 bits per heavy atom. The molecular weight excluding hydrogens is 336 g/mol. The second-order valence-electron chi connectivity index (χ2n) is 5.95. The molecular formula is C18H16F4N2O. The van der Waals surface area contributed by atoms with Gasteiger partial charge < -0.3 is 10.2 Å². The highest BCUT2D eigenvalue weighted by Crippen LogP contribution is 2.33. The largest absolute Gasteiger partial charge is 0.369 e. The molecule has 0 spiro atoms. The zero-order valence-electron chi connectivity index (χ0n) is 13.5. The summed E-state index contributed by atoms with van der Waals surface area (Å²) in [5, 5.41) is 2.18. The third kappa shape index (κ3) is 3.18. The molecule has 132 valence electrons. The number of nitrogens with zero attached hydrogens (tertiary/aromatic N) is 1. The van der Waals surface area contributed by atoms with E-state index >= 15 is 0 Å². The average molecular weight is 352 g/mol. The first-order valence-corrected chi connectivity index (χ1v) is 7.89. The fourth-order valence-electron chi connectivity index (χ4n) is 3.04. The van der Waals surface area contributed by atoms with Crippen LogP contribution in [0.15, 0.2) is 24.3 Å². The Hall–Kier alpha value is -2.57. The van der Waals surface area contributed by atoms with Crippen molar-refractivity contribution < 1.29 is 22.4 Å². The van der Waals surface area contributed by atoms with Gasteiger partial charge in [0.2, 0.25) is 0 Å². The van der Waals surface area contributed by atoms with E-state index in [4.69, 9.17) is 0 Å². The number of benzene rings is 2. The summed E-state index contributed by atoms with van der Waals surface area (Å²) in [7, 11) is 0. The van der Waals surface area contributed by atoms with E-state index in [-0.39, 0.29) is 16.9 Å². The summed E-state index contributed by atoms with van der Waals surface area (Å²) in [6.07, 6.45) is 1.62. The van der Waals surface area contributed by atoms with E-state index in [1.165, 1.54) is 19.1 Å². The standard InChI is InChI=1S/C18H16F4N2O/c1-10-14(20)13(18(25)23-12-6-4-5-11(19)9-12)15(21)16(22)17(10)24-7-2-3-8-24/h4-6,9H,2-3,7-8H2,1H3,(H,23,25). The van der Waals surface area contributed by atoms with Gasteiger partial charge in [0.25, 0.3) is 5.91 Å². The fourth-order valence-corrected chi connectivity index (χ4v) is 3.04. The molecule has 0 saturated carbocycles. The number of anilines is 2. The molecule has 1 aliphatic rings. The van der Waals surface area contributed by atoms with Crippen molar-refractivity contribution in [1.29, 1.82) is 0 Å². The molecule has 1 fully saturated rings. The maximum absolute atomic E-state index is 14.6. The smallest absolute Gasteiger partial charge is 0.261 e. The highest BCUT2D eigenvalue weighted by atomic mass is 19.2. The van der Waals surface area contributed by atoms with E-state index in [0.29, 0.717) is 13.1 Å². The summed E-state index contributed by atoms with van der Waals surface area (Å²) >= 11 is 0. The molecule has 0 radical (unpaired) electrons. The molecule has 0 unspecified atom stereocenters. The summed E-state index contributed by atoms with van der Waals surface area (Å²) in [4.78, 5) is 13.8. The molecule has 3 rings (SSSR count). The Labute approximate surface area is 142 Å². The van der Waals surface area contributed by atoms with Crippen molar-refractivity contribution in [2.75, 3.05) is 23.3 Å². The Kier molecular flexibility index (Phi) is 4.65. The zero-order valence-corrected chi connectivity index (χ0v) is 13.5. The summed E-state index contributed by atoms with van der Waals surface area (Å²) in [6, 6.07) is 4.85. The minimum Gasteiger partial charge on any atom is -0.369 e. The van der Waals surface area contributed by atoms with E-state index in [9.17, 15) is 22.4 Å². The summed E-state index contributed by atoms with van der Waals surface area (Å²) in [6.45, 7) is 2.32. The molecule has 1 heterocycles. The van der Waals surface area contributed by atoms with Crippen LogP contribution in [-0.4, -0.2) is 19.0 Å². The quantitative estimate of drug-likeness (QED) is 0.656. The predicted octanol–water partition coefficient (Wildman–Crippen LogP) is 4.40. The number of rotatable bonds is 3. The predicted molar refractivity (Wildman–Crippen MR) is 86.9 cm³/mol. The van der Waals surface area contributed by atoms with Crippen LogP contribution in [0.5, 0.6) is 0 Å². The average Bonchev–Trinajstić information content (AvgIpc) is 3.07. The van der Waals surface area contributed by atoms with Gasteiger partial charge in [-0.2, -0.15) is 0 Å². The minimum absolute atomic E-state index is 0.0190. The molecule has 0 bridgehead atoms. The number of carbonyl (C=O) groups is 1. The Bertz CT molecular complexity index is 803. The number of amides is 1. The van der Waals surface area contributed by atoms with Crippen molar-refractivity contribution >= 4 is 17.3 Å². The Balaban J connectivity index is 2.00. The molecule has 1 N–H and O–H groups in total. The van der Waals surface area contributed by atoms with E-state index in [0.717, 1.165) is 25.0 Å². The lowest BCUT2D eigenvalue weighted by molar-refractivity contribution is 0.101. The van der Waals surface area contributed by atoms with Crippen LogP contribution in [0.2, 0.25) is 0 Å². The highest BCUT2D eigenvalue weighted by Gasteiger charge is 2.30. The van der Waals surface area contributed by atoms with Gasteiger partial charge in [-0.15, -0.1) is 0 Å². The van der Waals surface area contributed by atoms with Gasteiger partial charge in [0.15, 0.2) is 11.6 Å². The lowest BCUT2D eigenvalue weighted by Gasteiger charge is -2.22. The Morgan fingerprint density at radius 1 is 1.04 bits per heavy atom. The first kappa shape index (κ1) is 17.3. The molecule has 0 aromatic heterocycles. The molecule has 0 atom stereocenters. The number of carbonyl (C=O) groups excluding carboxylic acids is 1. The normalized spacial score (nSPS) is 14.0. The van der Waals surface area contributed by atoms with E-state index in [2.05, 4.69) is 5.32 Å². The molecule has 1 amide bonds. The van der Waals surface area contributed by atoms with Crippen molar-refractivity contribution in [2.45, 2.75) is 19.8 Å². The molecule has 25 heavy (non-hydrogen) atoms. The zero-order chi connectivity index (χ0) is 18.1. The second kappa shape index (κ2) is 6.74. The second-order valence-corrected chi connectivity index (χ2v) is 5.95. The van der Waals surface area contributed by atoms with Crippen LogP contribution in [0.25, 0.3) is 0 Å². The van der Waals surface area contributed by atoms with Crippen LogP contribution in [0, 0.1) is 30.2 Å². The minimum atomic E-state index is -1.54. The van der Waals surface area contributed by atoms with Crippen molar-refractivity contribution in [2.24, 2.45) is 0 Å². The SMILES string of the molecule is Cc1c(F)c(C(=O)Nc2cccc(F)c2)c(F)c(F)c1N1CCCC1. The van der Waals surface area contributed by atoms with E-state index in [1.54, 1.807) is 4.90 Å². The summed E-state index contributed by atoms with van der Waals surface area (Å²) in [5.41, 5.74) is -1.26. The van der Waals surface area contributed by atoms with Gasteiger partial charge in [0.05, 0.1) is 5.69 Å². The number of halogens is 4. The van der Waals surface area contributed by atoms with Crippen LogP contribution in [0.4, 0.5) is 28.9 Å². The molecule has 7 heteroatoms. The molecule has 2 aromatic carbocycles. The van der Waals surface area contributed by atoms with Crippen LogP contribution >= 0.6 is 0 Å². The maximum Gasteiger partial charge on any atom is 0.261 e. The topological polar surface area (TPSA) is 32.3 Å². The van der Waals surface area contributed by atoms with Crippen LogP contribution in [0.3, 0.4) is 0 Å². The van der Waals surface area contributed by atoms with Gasteiger partial charge in [0, 0.05) is 24.3 Å². The fraction of sp³-hybridized carbons (Fsp3) is 0.278. The molecule has 1 aliphatic heterocycles. The van der Waals surface area contributed by atoms with Crippen molar-refractivity contribution in [3.05, 3.63) is 58.7 Å². The number of hydrogen-bond donors (Lipinski definition) is 1. The Morgan fingerprint density at radius 3 is 2.36 bits per heavy atom. The molecule has 3 nitrogen and oxygen atoms in total. The summed E-state index contributed by atoms with van der Waals surface area (Å²) in [5.74, 6) is -5.69. The highest BCUT2D eigenvalue weighted by molar-refractivity contribution is 6.05. The lowest BCUT2D eigenvalue weighted by atomic mass is 10.0. The monoisotopic (exact) mass is 352 g/mol. The van der Waals surface area contributed by atoms with Crippen molar-refractivity contribution in [3.8, 4) is 0 Å². The number of hydrogen-bond acceptors (Lipinski definition) is 2. The third-order valence-electron chi connectivity index (χ3n) is 4.26. The van der Waals surface area contributed by atoms with Crippen molar-refractivity contribution in [3.63, 3.8) is 0 Å². The maximum atomic E-state index is 14.6. The van der Waals surface area contributed by atoms with E-state index in [1.807, 2.05) is 0 Å². The molecule has 1 saturated heterocycles. The van der Waals surface area contributed by atoms with Gasteiger partial charge >= 0.3 is 0 Å².